The molecule has 0 aromatic heterocycles. The van der Waals surface area contributed by atoms with E-state index in [1.807, 2.05) is 17.0 Å². The molecule has 146 valence electrons. The van der Waals surface area contributed by atoms with Crippen LogP contribution in [-0.2, 0) is 16.0 Å². The van der Waals surface area contributed by atoms with E-state index in [2.05, 4.69) is 32.1 Å². The molecule has 1 heterocycles. The van der Waals surface area contributed by atoms with Gasteiger partial charge in [-0.15, -0.1) is 0 Å². The highest BCUT2D eigenvalue weighted by Gasteiger charge is 2.28. The molecule has 1 aromatic carbocycles. The predicted octanol–water partition coefficient (Wildman–Crippen LogP) is 4.70. The average molecular weight is 370 g/mol. The van der Waals surface area contributed by atoms with Crippen molar-refractivity contribution in [3.8, 4) is 0 Å². The summed E-state index contributed by atoms with van der Waals surface area (Å²) in [5.41, 5.74) is 2.92. The second-order valence-electron chi connectivity index (χ2n) is 7.08. The Labute approximate surface area is 162 Å². The van der Waals surface area contributed by atoms with Crippen molar-refractivity contribution in [2.75, 3.05) is 13.7 Å². The van der Waals surface area contributed by atoms with Gasteiger partial charge in [0.05, 0.1) is 18.7 Å². The average Bonchev–Trinajstić information content (AvgIpc) is 3.04. The van der Waals surface area contributed by atoms with E-state index in [0.717, 1.165) is 24.8 Å². The van der Waals surface area contributed by atoms with Crippen LogP contribution in [0.4, 0.5) is 0 Å². The fraction of sp³-hybridized carbons (Fsp3) is 0.478. The maximum atomic E-state index is 12.3. The van der Waals surface area contributed by atoms with E-state index >= 15 is 0 Å². The minimum atomic E-state index is -0.330. The van der Waals surface area contributed by atoms with Gasteiger partial charge in [0, 0.05) is 13.0 Å². The molecular formula is C23H31NO3. The van der Waals surface area contributed by atoms with Gasteiger partial charge in [-0.05, 0) is 43.9 Å². The predicted molar refractivity (Wildman–Crippen MR) is 109 cm³/mol. The number of ether oxygens (including phenoxy) is 1. The van der Waals surface area contributed by atoms with Crippen LogP contribution < -0.4 is 0 Å². The first-order chi connectivity index (χ1) is 13.0. The lowest BCUT2D eigenvalue weighted by molar-refractivity contribution is -0.128. The first-order valence-corrected chi connectivity index (χ1v) is 9.86. The van der Waals surface area contributed by atoms with Crippen molar-refractivity contribution >= 4 is 11.9 Å². The largest absolute Gasteiger partial charge is 0.465 e. The van der Waals surface area contributed by atoms with Crippen LogP contribution in [0.15, 0.2) is 48.1 Å². The molecule has 0 saturated carbocycles. The highest BCUT2D eigenvalue weighted by atomic mass is 16.5. The van der Waals surface area contributed by atoms with Gasteiger partial charge in [-0.25, -0.2) is 4.79 Å². The lowest BCUT2D eigenvalue weighted by Gasteiger charge is -2.22. The zero-order valence-corrected chi connectivity index (χ0v) is 16.7. The summed E-state index contributed by atoms with van der Waals surface area (Å²) in [5.74, 6) is -0.104. The number of likely N-dealkylation sites (tertiary alicyclic amines) is 1. The summed E-state index contributed by atoms with van der Waals surface area (Å²) in [7, 11) is 1.38. The molecule has 27 heavy (non-hydrogen) atoms. The third-order valence-electron chi connectivity index (χ3n) is 5.00. The van der Waals surface area contributed by atoms with Crippen LogP contribution in [-0.4, -0.2) is 36.5 Å². The number of carbonyl (C=O) groups excluding carboxylic acids is 2. The molecule has 0 bridgehead atoms. The first kappa shape index (κ1) is 20.9. The Balaban J connectivity index is 1.92. The van der Waals surface area contributed by atoms with Gasteiger partial charge in [0.1, 0.15) is 0 Å². The minimum absolute atomic E-state index is 0.182. The molecule has 2 rings (SSSR count). The highest BCUT2D eigenvalue weighted by Crippen LogP contribution is 2.21. The zero-order valence-electron chi connectivity index (χ0n) is 16.7. The van der Waals surface area contributed by atoms with Crippen molar-refractivity contribution in [1.29, 1.82) is 0 Å². The van der Waals surface area contributed by atoms with Crippen molar-refractivity contribution < 1.29 is 14.3 Å². The van der Waals surface area contributed by atoms with Crippen LogP contribution in [0.1, 0.15) is 61.9 Å². The Hall–Kier alpha value is -2.36. The van der Waals surface area contributed by atoms with Crippen LogP contribution in [0.5, 0.6) is 0 Å². The number of esters is 1. The fourth-order valence-electron chi connectivity index (χ4n) is 3.29. The monoisotopic (exact) mass is 369 g/mol. The van der Waals surface area contributed by atoms with Crippen molar-refractivity contribution in [3.05, 3.63) is 59.2 Å². The van der Waals surface area contributed by atoms with Gasteiger partial charge in [0.15, 0.2) is 0 Å². The minimum Gasteiger partial charge on any atom is -0.465 e. The van der Waals surface area contributed by atoms with Gasteiger partial charge in [0.25, 0.3) is 0 Å². The Kier molecular flexibility index (Phi) is 8.31. The van der Waals surface area contributed by atoms with E-state index in [1.165, 1.54) is 25.5 Å². The first-order valence-electron chi connectivity index (χ1n) is 9.86. The lowest BCUT2D eigenvalue weighted by Crippen LogP contribution is -2.33. The molecule has 0 unspecified atom stereocenters. The lowest BCUT2D eigenvalue weighted by atomic mass is 10.1. The Morgan fingerprint density at radius 3 is 2.70 bits per heavy atom. The van der Waals surface area contributed by atoms with E-state index < -0.39 is 0 Å². The van der Waals surface area contributed by atoms with Crippen LogP contribution >= 0.6 is 0 Å². The number of rotatable bonds is 9. The van der Waals surface area contributed by atoms with Gasteiger partial charge in [-0.3, -0.25) is 4.79 Å². The number of benzene rings is 1. The summed E-state index contributed by atoms with van der Waals surface area (Å²) >= 11 is 0. The maximum Gasteiger partial charge on any atom is 0.337 e. The Morgan fingerprint density at radius 2 is 2.04 bits per heavy atom. The van der Waals surface area contributed by atoms with Crippen LogP contribution in [0.2, 0.25) is 0 Å². The summed E-state index contributed by atoms with van der Waals surface area (Å²) in [6.45, 7) is 5.02. The number of amides is 1. The summed E-state index contributed by atoms with van der Waals surface area (Å²) in [6, 6.07) is 7.58. The molecule has 1 amide bonds. The smallest absolute Gasteiger partial charge is 0.337 e. The Morgan fingerprint density at radius 1 is 1.30 bits per heavy atom. The molecule has 4 nitrogen and oxygen atoms in total. The quantitative estimate of drug-likeness (QED) is 0.360. The molecule has 1 aliphatic heterocycles. The number of methoxy groups -OCH3 is 1. The van der Waals surface area contributed by atoms with E-state index in [9.17, 15) is 9.59 Å². The highest BCUT2D eigenvalue weighted by molar-refractivity contribution is 5.89. The normalized spacial score (nSPS) is 17.7. The standard InChI is InChI=1S/C23H31NO3/c1-4-5-6-7-18(2)8-13-21-14-15-22(25)24(21)17-16-19-9-11-20(12-10-19)23(26)27-3/h7-13,21H,4-6,14-17H2,1-3H3/b13-8+,18-7+/t21-/m0/s1. The molecule has 0 spiro atoms. The third-order valence-corrected chi connectivity index (χ3v) is 5.00. The van der Waals surface area contributed by atoms with Crippen molar-refractivity contribution in [2.24, 2.45) is 0 Å². The van der Waals surface area contributed by atoms with Gasteiger partial charge in [0.2, 0.25) is 5.91 Å². The van der Waals surface area contributed by atoms with Gasteiger partial charge in [-0.1, -0.05) is 55.7 Å². The fourth-order valence-corrected chi connectivity index (χ4v) is 3.29. The second-order valence-corrected chi connectivity index (χ2v) is 7.08. The molecular weight excluding hydrogens is 338 g/mol. The van der Waals surface area contributed by atoms with Crippen LogP contribution in [0.25, 0.3) is 0 Å². The number of hydrogen-bond acceptors (Lipinski definition) is 3. The van der Waals surface area contributed by atoms with E-state index in [0.29, 0.717) is 18.5 Å². The Bertz CT molecular complexity index is 688. The van der Waals surface area contributed by atoms with Crippen molar-refractivity contribution in [1.82, 2.24) is 4.90 Å². The number of nitrogens with zero attached hydrogens (tertiary/aromatic N) is 1. The summed E-state index contributed by atoms with van der Waals surface area (Å²) in [5, 5.41) is 0. The molecule has 0 radical (unpaired) electrons. The van der Waals surface area contributed by atoms with E-state index in [1.54, 1.807) is 12.1 Å². The molecule has 1 aromatic rings. The number of carbonyl (C=O) groups is 2. The van der Waals surface area contributed by atoms with Crippen LogP contribution in [0.3, 0.4) is 0 Å². The molecule has 0 aliphatic carbocycles. The topological polar surface area (TPSA) is 46.6 Å². The molecule has 1 aliphatic rings. The molecule has 4 heteroatoms. The molecule has 1 saturated heterocycles. The summed E-state index contributed by atoms with van der Waals surface area (Å²) in [6.07, 6.45) is 12.4. The van der Waals surface area contributed by atoms with Crippen molar-refractivity contribution in [3.63, 3.8) is 0 Å². The van der Waals surface area contributed by atoms with E-state index in [-0.39, 0.29) is 17.9 Å². The molecule has 1 fully saturated rings. The van der Waals surface area contributed by atoms with Crippen LogP contribution in [0, 0.1) is 0 Å². The maximum absolute atomic E-state index is 12.3. The summed E-state index contributed by atoms with van der Waals surface area (Å²) < 4.78 is 4.72. The molecule has 1 atom stereocenters. The van der Waals surface area contributed by atoms with Gasteiger partial charge < -0.3 is 9.64 Å². The molecule has 0 N–H and O–H groups in total. The number of hydrogen-bond donors (Lipinski definition) is 0. The van der Waals surface area contributed by atoms with Gasteiger partial charge in [-0.2, -0.15) is 0 Å². The third kappa shape index (κ3) is 6.38. The number of allylic oxidation sites excluding steroid dienone is 3. The van der Waals surface area contributed by atoms with Gasteiger partial charge >= 0.3 is 5.97 Å². The van der Waals surface area contributed by atoms with E-state index in [4.69, 9.17) is 4.74 Å². The summed E-state index contributed by atoms with van der Waals surface area (Å²) in [4.78, 5) is 25.7. The number of unbranched alkanes of at least 4 members (excludes halogenated alkanes) is 2. The SMILES string of the molecule is CCCC/C=C(C)/C=C/[C@H]1CCC(=O)N1CCc1ccc(C(=O)OC)cc1. The second kappa shape index (κ2) is 10.7. The van der Waals surface area contributed by atoms with Crippen molar-refractivity contribution in [2.45, 2.75) is 58.4 Å². The zero-order chi connectivity index (χ0) is 19.6.